The van der Waals surface area contributed by atoms with Crippen LogP contribution in [0.3, 0.4) is 0 Å². The monoisotopic (exact) mass is 330 g/mol. The summed E-state index contributed by atoms with van der Waals surface area (Å²) in [5.41, 5.74) is 1.24. The molecule has 2 aromatic heterocycles. The molecular weight excluding hydrogens is 316 g/mol. The van der Waals surface area contributed by atoms with Gasteiger partial charge in [-0.3, -0.25) is 0 Å². The van der Waals surface area contributed by atoms with Crippen LogP contribution in [0, 0.1) is 13.8 Å². The Morgan fingerprint density at radius 1 is 1.48 bits per heavy atom. The standard InChI is InChI=1S/C12H14N2O5S2/c1-6-11(8(3)19-13-6)7(2)14-21(17,18)10-4-9(5-20-10)12(15)16/h4-5,7,14H,1-3H3,(H,15,16). The first-order chi connectivity index (χ1) is 9.72. The maximum Gasteiger partial charge on any atom is 0.336 e. The molecule has 2 N–H and O–H groups in total. The first-order valence-electron chi connectivity index (χ1n) is 5.99. The molecule has 0 aromatic carbocycles. The molecule has 0 radical (unpaired) electrons. The van der Waals surface area contributed by atoms with Crippen molar-refractivity contribution < 1.29 is 22.8 Å². The van der Waals surface area contributed by atoms with Crippen molar-refractivity contribution >= 4 is 27.3 Å². The fourth-order valence-electron chi connectivity index (χ4n) is 2.03. The van der Waals surface area contributed by atoms with Crippen LogP contribution in [-0.4, -0.2) is 24.7 Å². The molecule has 2 heterocycles. The second-order valence-electron chi connectivity index (χ2n) is 4.54. The number of nitrogens with zero attached hydrogens (tertiary/aromatic N) is 1. The van der Waals surface area contributed by atoms with E-state index < -0.39 is 22.0 Å². The van der Waals surface area contributed by atoms with Crippen LogP contribution in [-0.2, 0) is 10.0 Å². The summed E-state index contributed by atoms with van der Waals surface area (Å²) in [6.07, 6.45) is 0. The topological polar surface area (TPSA) is 110 Å². The Morgan fingerprint density at radius 3 is 2.62 bits per heavy atom. The third-order valence-electron chi connectivity index (χ3n) is 2.94. The van der Waals surface area contributed by atoms with Gasteiger partial charge in [0.15, 0.2) is 0 Å². The molecule has 0 aliphatic rings. The summed E-state index contributed by atoms with van der Waals surface area (Å²) in [5.74, 6) is -0.619. The molecule has 0 aliphatic heterocycles. The molecule has 0 fully saturated rings. The minimum Gasteiger partial charge on any atom is -0.478 e. The molecule has 0 saturated heterocycles. The van der Waals surface area contributed by atoms with Crippen LogP contribution in [0.1, 0.15) is 40.3 Å². The first kappa shape index (κ1) is 15.7. The molecule has 114 valence electrons. The Labute approximate surface area is 125 Å². The third kappa shape index (κ3) is 3.14. The van der Waals surface area contributed by atoms with Gasteiger partial charge < -0.3 is 9.63 Å². The van der Waals surface area contributed by atoms with Gasteiger partial charge in [-0.25, -0.2) is 17.9 Å². The number of hydrogen-bond donors (Lipinski definition) is 2. The van der Waals surface area contributed by atoms with Gasteiger partial charge in [-0.2, -0.15) is 0 Å². The Morgan fingerprint density at radius 2 is 2.14 bits per heavy atom. The first-order valence-corrected chi connectivity index (χ1v) is 8.35. The minimum atomic E-state index is -3.80. The summed E-state index contributed by atoms with van der Waals surface area (Å²) < 4.78 is 32.0. The van der Waals surface area contributed by atoms with E-state index >= 15 is 0 Å². The highest BCUT2D eigenvalue weighted by Gasteiger charge is 2.25. The van der Waals surface area contributed by atoms with Gasteiger partial charge in [-0.1, -0.05) is 5.16 Å². The van der Waals surface area contributed by atoms with Crippen molar-refractivity contribution in [3.8, 4) is 0 Å². The number of aromatic nitrogens is 1. The molecule has 0 saturated carbocycles. The van der Waals surface area contributed by atoms with Gasteiger partial charge in [0.2, 0.25) is 0 Å². The lowest BCUT2D eigenvalue weighted by atomic mass is 10.1. The maximum atomic E-state index is 12.3. The normalized spacial score (nSPS) is 13.3. The quantitative estimate of drug-likeness (QED) is 0.868. The van der Waals surface area contributed by atoms with Crippen LogP contribution in [0.2, 0.25) is 0 Å². The lowest BCUT2D eigenvalue weighted by Gasteiger charge is -2.13. The number of carbonyl (C=O) groups is 1. The zero-order valence-corrected chi connectivity index (χ0v) is 13.2. The number of hydrogen-bond acceptors (Lipinski definition) is 6. The number of aryl methyl sites for hydroxylation is 2. The molecule has 7 nitrogen and oxygen atoms in total. The number of thiophene rings is 1. The number of nitrogens with one attached hydrogen (secondary N) is 1. The van der Waals surface area contributed by atoms with Crippen LogP contribution >= 0.6 is 11.3 Å². The molecule has 0 amide bonds. The predicted octanol–water partition coefficient (Wildman–Crippen LogP) is 2.09. The van der Waals surface area contributed by atoms with E-state index in [1.807, 2.05) is 0 Å². The zero-order chi connectivity index (χ0) is 15.8. The Kier molecular flexibility index (Phi) is 4.17. The van der Waals surface area contributed by atoms with Crippen molar-refractivity contribution in [2.24, 2.45) is 0 Å². The number of aromatic carboxylic acids is 1. The minimum absolute atomic E-state index is 0.0430. The molecule has 2 aromatic rings. The van der Waals surface area contributed by atoms with E-state index in [1.165, 1.54) is 5.38 Å². The van der Waals surface area contributed by atoms with Gasteiger partial charge in [0.1, 0.15) is 9.97 Å². The average molecular weight is 330 g/mol. The van der Waals surface area contributed by atoms with E-state index in [1.54, 1.807) is 20.8 Å². The average Bonchev–Trinajstić information content (AvgIpc) is 2.96. The van der Waals surface area contributed by atoms with Crippen molar-refractivity contribution in [3.63, 3.8) is 0 Å². The lowest BCUT2D eigenvalue weighted by molar-refractivity contribution is 0.0697. The summed E-state index contributed by atoms with van der Waals surface area (Å²) in [4.78, 5) is 10.8. The van der Waals surface area contributed by atoms with Gasteiger partial charge in [-0.15, -0.1) is 11.3 Å². The van der Waals surface area contributed by atoms with Crippen molar-refractivity contribution in [1.29, 1.82) is 0 Å². The van der Waals surface area contributed by atoms with Crippen molar-refractivity contribution in [1.82, 2.24) is 9.88 Å². The smallest absolute Gasteiger partial charge is 0.336 e. The van der Waals surface area contributed by atoms with E-state index in [9.17, 15) is 13.2 Å². The Bertz CT molecular complexity index is 756. The third-order valence-corrected chi connectivity index (χ3v) is 5.92. The predicted molar refractivity (Wildman–Crippen MR) is 76.0 cm³/mol. The molecule has 21 heavy (non-hydrogen) atoms. The van der Waals surface area contributed by atoms with Crippen LogP contribution < -0.4 is 4.72 Å². The van der Waals surface area contributed by atoms with Crippen LogP contribution in [0.5, 0.6) is 0 Å². The van der Waals surface area contributed by atoms with Gasteiger partial charge in [-0.05, 0) is 26.8 Å². The maximum absolute atomic E-state index is 12.3. The van der Waals surface area contributed by atoms with Gasteiger partial charge in [0.25, 0.3) is 10.0 Å². The lowest BCUT2D eigenvalue weighted by Crippen LogP contribution is -2.26. The van der Waals surface area contributed by atoms with Crippen molar-refractivity contribution in [3.05, 3.63) is 34.0 Å². The summed E-state index contributed by atoms with van der Waals surface area (Å²) >= 11 is 0.862. The van der Waals surface area contributed by atoms with Gasteiger partial charge in [0.05, 0.1) is 11.3 Å². The van der Waals surface area contributed by atoms with Crippen LogP contribution in [0.25, 0.3) is 0 Å². The summed E-state index contributed by atoms with van der Waals surface area (Å²) in [6, 6.07) is 0.603. The summed E-state index contributed by atoms with van der Waals surface area (Å²) in [5, 5.41) is 13.9. The highest BCUT2D eigenvalue weighted by molar-refractivity contribution is 7.91. The van der Waals surface area contributed by atoms with Gasteiger partial charge >= 0.3 is 5.97 Å². The highest BCUT2D eigenvalue weighted by atomic mass is 32.2. The second kappa shape index (κ2) is 5.58. The summed E-state index contributed by atoms with van der Waals surface area (Å²) in [6.45, 7) is 5.11. The Balaban J connectivity index is 2.26. The fraction of sp³-hybridized carbons (Fsp3) is 0.333. The number of rotatable bonds is 5. The fourth-order valence-corrected chi connectivity index (χ4v) is 4.41. The number of sulfonamides is 1. The van der Waals surface area contributed by atoms with E-state index in [0.29, 0.717) is 17.0 Å². The molecule has 1 unspecified atom stereocenters. The van der Waals surface area contributed by atoms with Crippen molar-refractivity contribution in [2.75, 3.05) is 0 Å². The molecule has 0 bridgehead atoms. The highest BCUT2D eigenvalue weighted by Crippen LogP contribution is 2.25. The van der Waals surface area contributed by atoms with Gasteiger partial charge in [0, 0.05) is 17.0 Å². The molecule has 2 rings (SSSR count). The number of carboxylic acid groups (broad SMARTS) is 1. The zero-order valence-electron chi connectivity index (χ0n) is 11.6. The largest absolute Gasteiger partial charge is 0.478 e. The van der Waals surface area contributed by atoms with E-state index in [2.05, 4.69) is 9.88 Å². The van der Waals surface area contributed by atoms with E-state index in [0.717, 1.165) is 17.4 Å². The molecular formula is C12H14N2O5S2. The van der Waals surface area contributed by atoms with Crippen molar-refractivity contribution in [2.45, 2.75) is 31.0 Å². The van der Waals surface area contributed by atoms with Crippen LogP contribution in [0.4, 0.5) is 0 Å². The molecule has 0 spiro atoms. The van der Waals surface area contributed by atoms with E-state index in [4.69, 9.17) is 9.63 Å². The Hall–Kier alpha value is -1.71. The molecule has 1 atom stereocenters. The van der Waals surface area contributed by atoms with Crippen LogP contribution in [0.15, 0.2) is 20.2 Å². The number of carboxylic acids is 1. The molecule has 9 heteroatoms. The second-order valence-corrected chi connectivity index (χ2v) is 7.39. The summed E-state index contributed by atoms with van der Waals surface area (Å²) in [7, 11) is -3.80. The SMILES string of the molecule is Cc1noc(C)c1C(C)NS(=O)(=O)c1cc(C(=O)O)cs1. The molecule has 0 aliphatic carbocycles. The van der Waals surface area contributed by atoms with E-state index in [-0.39, 0.29) is 9.77 Å².